The monoisotopic (exact) mass is 1290 g/mol. The highest BCUT2D eigenvalue weighted by Crippen LogP contribution is 2.40. The lowest BCUT2D eigenvalue weighted by Crippen LogP contribution is -2.47. The van der Waals surface area contributed by atoms with E-state index in [1.165, 1.54) is 25.3 Å². The average molecular weight is 1290 g/mol. The second kappa shape index (κ2) is 42.2. The van der Waals surface area contributed by atoms with E-state index in [0.717, 1.165) is 70.0 Å². The molecule has 1 aromatic heterocycles. The fourth-order valence-corrected chi connectivity index (χ4v) is 9.31. The smallest absolute Gasteiger partial charge is 0.261 e. The third kappa shape index (κ3) is 27.5. The lowest BCUT2D eigenvalue weighted by molar-refractivity contribution is -0.204. The van der Waals surface area contributed by atoms with Gasteiger partial charge in [-0.2, -0.15) is 15.4 Å². The van der Waals surface area contributed by atoms with Gasteiger partial charge in [0.05, 0.1) is 18.8 Å². The van der Waals surface area contributed by atoms with Crippen molar-refractivity contribution in [3.63, 3.8) is 0 Å². The summed E-state index contributed by atoms with van der Waals surface area (Å²) < 4.78 is 21.1. The number of amides is 9. The van der Waals surface area contributed by atoms with Gasteiger partial charge in [-0.15, -0.1) is 0 Å². The molecule has 0 fully saturated rings. The maximum absolute atomic E-state index is 13.4. The maximum atomic E-state index is 13.4. The summed E-state index contributed by atoms with van der Waals surface area (Å²) in [6.45, 7) is 6.84. The highest BCUT2D eigenvalue weighted by molar-refractivity contribution is 8.06. The first kappa shape index (κ1) is 76.4. The number of rotatable bonds is 38. The van der Waals surface area contributed by atoms with E-state index in [-0.39, 0.29) is 81.9 Å². The van der Waals surface area contributed by atoms with E-state index >= 15 is 0 Å². The number of H-pyrrole nitrogens is 1. The van der Waals surface area contributed by atoms with Gasteiger partial charge in [-0.3, -0.25) is 43.2 Å². The number of para-hydroxylation sites is 1. The van der Waals surface area contributed by atoms with Crippen LogP contribution in [0.1, 0.15) is 135 Å². The lowest BCUT2D eigenvalue weighted by atomic mass is 9.95. The summed E-state index contributed by atoms with van der Waals surface area (Å²) in [5, 5.41) is 27.9. The van der Waals surface area contributed by atoms with Crippen molar-refractivity contribution in [1.82, 2.24) is 57.1 Å². The Kier molecular flexibility index (Phi) is 35.8. The first-order valence-corrected chi connectivity index (χ1v) is 32.9. The van der Waals surface area contributed by atoms with Crippen LogP contribution in [0.5, 0.6) is 11.5 Å². The largest absolute Gasteiger partial charge is 0.780 e. The fraction of sp³-hybridized carbons (Fsp3) is 0.532. The minimum atomic E-state index is -3.34. The minimum Gasteiger partial charge on any atom is -0.780 e. The van der Waals surface area contributed by atoms with Gasteiger partial charge in [-0.25, -0.2) is 0 Å². The molecule has 1 atom stereocenters. The van der Waals surface area contributed by atoms with Gasteiger partial charge in [0, 0.05) is 82.0 Å². The van der Waals surface area contributed by atoms with Gasteiger partial charge >= 0.3 is 0 Å². The molecule has 5 rings (SSSR count). The zero-order valence-electron chi connectivity index (χ0n) is 52.0. The minimum absolute atomic E-state index is 0. The summed E-state index contributed by atoms with van der Waals surface area (Å²) in [5.74, 6) is -3.66. The summed E-state index contributed by atoms with van der Waals surface area (Å²) in [5.41, 5.74) is 5.00. The Bertz CT molecular complexity index is 2880. The number of carbonyl (C=O) groups excluding carboxylic acids is 9. The van der Waals surface area contributed by atoms with Crippen molar-refractivity contribution in [3.8, 4) is 34.0 Å². The molecule has 1 aliphatic heterocycles. The Morgan fingerprint density at radius 3 is 1.56 bits per heavy atom. The molecule has 9 amide bonds. The SMILES string of the molecule is C.CCCCNC(=O)c1cc(OCC(=O)N(CC(=O)NCCC)CC(=O)NCCC)cc(OCC(=O)N(CC(=O)NCCC)CC(=O)NCCC)c1.COP([O-])(=S)OCCCCCCNC(=O)CCC(=O)N1Cc2ccccc2-c2n[nH]nc2-c2ccccc21. The first-order chi connectivity index (χ1) is 42.9. The number of hydrogen-bond acceptors (Lipinski definition) is 17. The van der Waals surface area contributed by atoms with Gasteiger partial charge in [-0.05, 0) is 68.7 Å². The fourth-order valence-electron chi connectivity index (χ4n) is 8.63. The molecule has 0 radical (unpaired) electrons. The molecule has 7 N–H and O–H groups in total. The highest BCUT2D eigenvalue weighted by atomic mass is 32.5. The molecule has 3 aromatic carbocycles. The van der Waals surface area contributed by atoms with Crippen LogP contribution in [-0.2, 0) is 65.8 Å². The third-order valence-electron chi connectivity index (χ3n) is 13.3. The molecule has 0 saturated heterocycles. The van der Waals surface area contributed by atoms with E-state index < -0.39 is 61.3 Å². The molecule has 0 spiro atoms. The first-order valence-electron chi connectivity index (χ1n) is 30.3. The van der Waals surface area contributed by atoms with Crippen molar-refractivity contribution in [2.45, 2.75) is 126 Å². The molecule has 2 heterocycles. The Morgan fingerprint density at radius 1 is 0.578 bits per heavy atom. The van der Waals surface area contributed by atoms with Crippen molar-refractivity contribution in [3.05, 3.63) is 77.9 Å². The van der Waals surface area contributed by atoms with E-state index in [1.54, 1.807) is 4.90 Å². The van der Waals surface area contributed by atoms with Gasteiger partial charge in [0.15, 0.2) is 13.2 Å². The number of nitrogens with one attached hydrogen (secondary N) is 7. The number of nitrogens with zero attached hydrogens (tertiary/aromatic N) is 5. The van der Waals surface area contributed by atoms with E-state index in [0.29, 0.717) is 83.6 Å². The number of hydrogen-bond donors (Lipinski definition) is 7. The van der Waals surface area contributed by atoms with Crippen molar-refractivity contribution >= 4 is 77.4 Å². The summed E-state index contributed by atoms with van der Waals surface area (Å²) >= 11 is 4.67. The van der Waals surface area contributed by atoms with Crippen molar-refractivity contribution in [1.29, 1.82) is 0 Å². The number of benzene rings is 3. The predicted octanol–water partition coefficient (Wildman–Crippen LogP) is 5.06. The van der Waals surface area contributed by atoms with E-state index in [9.17, 15) is 48.0 Å². The zero-order valence-corrected chi connectivity index (χ0v) is 53.8. The lowest BCUT2D eigenvalue weighted by Gasteiger charge is -2.28. The van der Waals surface area contributed by atoms with Gasteiger partial charge in [0.25, 0.3) is 17.7 Å². The summed E-state index contributed by atoms with van der Waals surface area (Å²) in [6, 6.07) is 19.6. The number of aromatic amines is 1. The van der Waals surface area contributed by atoms with Crippen molar-refractivity contribution < 1.29 is 66.6 Å². The van der Waals surface area contributed by atoms with Crippen LogP contribution in [0.15, 0.2) is 66.7 Å². The molecule has 28 heteroatoms. The average Bonchev–Trinajstić information content (AvgIpc) is 1.42. The van der Waals surface area contributed by atoms with E-state index in [1.807, 2.05) is 83.1 Å². The van der Waals surface area contributed by atoms with Gasteiger partial charge in [0.1, 0.15) is 55.8 Å². The summed E-state index contributed by atoms with van der Waals surface area (Å²) in [6.07, 6.45) is 7.81. The molecule has 0 bridgehead atoms. The number of carbonyl (C=O) groups is 9. The molecule has 4 aromatic rings. The Hall–Kier alpha value is -7.84. The summed E-state index contributed by atoms with van der Waals surface area (Å²) in [4.78, 5) is 130. The molecule has 496 valence electrons. The van der Waals surface area contributed by atoms with Crippen LogP contribution in [0.4, 0.5) is 5.69 Å². The van der Waals surface area contributed by atoms with Crippen LogP contribution >= 0.6 is 6.72 Å². The van der Waals surface area contributed by atoms with Crippen molar-refractivity contribution in [2.24, 2.45) is 0 Å². The van der Waals surface area contributed by atoms with Gasteiger partial charge < -0.3 is 70.0 Å². The Balaban J connectivity index is 0.000000482. The second-order valence-electron chi connectivity index (χ2n) is 20.7. The number of anilines is 1. The number of ether oxygens (including phenoxy) is 2. The van der Waals surface area contributed by atoms with Crippen LogP contribution < -0.4 is 51.2 Å². The normalized spacial score (nSPS) is 11.7. The standard InChI is InChI=1S/C35H57N7O9.C26H32N5O5PS.CH4/c1-6-11-16-40-35(49)26-17-27(50-24-33(47)41(20-29(43)36-12-7-2)21-30(44)37-13-8-3)19-28(18-26)51-25-34(48)42(22-31(45)38-14-9-4)23-32(46)39-15-10-5;1-35-37(34,38)36-17-9-3-2-8-16-27-23(32)14-15-24(33)31-18-19-10-4-5-11-20(19)25-26(29-30-28-25)21-12-6-7-13-22(21)31;/h17-19H,6-16,20-25H2,1-5H3,(H,36,43)(H,37,44)(H,38,45)(H,39,46)(H,40,49);4-7,10-13H,2-3,8-9,14-18H2,1H3,(H,27,32)(H,34,38)(H,28,29,30);1H4/p-1. The molecule has 90 heavy (non-hydrogen) atoms. The maximum Gasteiger partial charge on any atom is 0.261 e. The Morgan fingerprint density at radius 2 is 1.04 bits per heavy atom. The third-order valence-corrected chi connectivity index (χ3v) is 15.1. The quantitative estimate of drug-likeness (QED) is 0.0228. The van der Waals surface area contributed by atoms with E-state index in [4.69, 9.17) is 14.0 Å². The molecule has 1 aliphatic rings. The highest BCUT2D eigenvalue weighted by Gasteiger charge is 2.29. The van der Waals surface area contributed by atoms with Gasteiger partial charge in [0.2, 0.25) is 35.4 Å². The topological polar surface area (TPSA) is 337 Å². The number of aromatic nitrogens is 3. The van der Waals surface area contributed by atoms with Crippen LogP contribution in [0.25, 0.3) is 22.5 Å². The van der Waals surface area contributed by atoms with Crippen LogP contribution in [-0.4, -0.2) is 171 Å². The van der Waals surface area contributed by atoms with Gasteiger partial charge in [-0.1, -0.05) is 116 Å². The predicted molar refractivity (Wildman–Crippen MR) is 344 cm³/mol. The van der Waals surface area contributed by atoms with Crippen molar-refractivity contribution in [2.75, 3.05) is 97.3 Å². The number of fused-ring (bicyclic) bond motifs is 5. The van der Waals surface area contributed by atoms with Crippen LogP contribution in [0, 0.1) is 0 Å². The van der Waals surface area contributed by atoms with Crippen LogP contribution in [0.2, 0.25) is 0 Å². The molecule has 0 saturated carbocycles. The van der Waals surface area contributed by atoms with Crippen LogP contribution in [0.3, 0.4) is 0 Å². The molecule has 0 aliphatic carbocycles. The molecular weight excluding hydrogens is 1200 g/mol. The molecule has 26 nitrogen and oxygen atoms in total. The van der Waals surface area contributed by atoms with E-state index in [2.05, 4.69) is 63.6 Å². The zero-order chi connectivity index (χ0) is 65.0. The second-order valence-corrected chi connectivity index (χ2v) is 23.5. The number of unbranched alkanes of at least 4 members (excludes halogenated alkanes) is 4. The molecular formula is C62H92N12O14PS-. The Labute approximate surface area is 533 Å². The molecule has 1 unspecified atom stereocenters. The summed E-state index contributed by atoms with van der Waals surface area (Å²) in [7, 11) is 1.27.